The molecule has 0 saturated heterocycles. The predicted octanol–water partition coefficient (Wildman–Crippen LogP) is 5.42. The summed E-state index contributed by atoms with van der Waals surface area (Å²) in [6.45, 7) is 8.39. The number of fused-ring (bicyclic) bond motifs is 2. The Labute approximate surface area is 147 Å². The van der Waals surface area contributed by atoms with E-state index in [2.05, 4.69) is 33.8 Å². The fourth-order valence-corrected chi connectivity index (χ4v) is 4.13. The lowest BCUT2D eigenvalue weighted by molar-refractivity contribution is -0.138. The molecule has 0 aliphatic carbocycles. The molecule has 3 heteroatoms. The molecule has 0 saturated carbocycles. The molecule has 3 aromatic rings. The van der Waals surface area contributed by atoms with Gasteiger partial charge in [0.1, 0.15) is 17.1 Å². The summed E-state index contributed by atoms with van der Waals surface area (Å²) in [7, 11) is 0. The molecule has 1 atom stereocenters. The SMILES string of the molecule is CC(C)c1c(C2(C(C)C)C(=O)Oc3ccccc32)oc2ccccc12. The van der Waals surface area contributed by atoms with Crippen LogP contribution in [0.2, 0.25) is 0 Å². The lowest BCUT2D eigenvalue weighted by atomic mass is 9.68. The number of ether oxygens (including phenoxy) is 1. The van der Waals surface area contributed by atoms with Gasteiger partial charge in [-0.15, -0.1) is 0 Å². The second-order valence-corrected chi connectivity index (χ2v) is 7.34. The number of para-hydroxylation sites is 2. The number of esters is 1. The quantitative estimate of drug-likeness (QED) is 0.474. The Bertz CT molecular complexity index is 964. The summed E-state index contributed by atoms with van der Waals surface area (Å²) >= 11 is 0. The minimum atomic E-state index is -0.908. The van der Waals surface area contributed by atoms with Gasteiger partial charge < -0.3 is 9.15 Å². The van der Waals surface area contributed by atoms with Gasteiger partial charge in [0.15, 0.2) is 5.41 Å². The molecular weight excluding hydrogens is 312 g/mol. The van der Waals surface area contributed by atoms with E-state index in [1.54, 1.807) is 0 Å². The minimum absolute atomic E-state index is 0.00159. The Morgan fingerprint density at radius 3 is 2.32 bits per heavy atom. The van der Waals surface area contributed by atoms with Crippen LogP contribution < -0.4 is 4.74 Å². The second-order valence-electron chi connectivity index (χ2n) is 7.34. The van der Waals surface area contributed by atoms with Gasteiger partial charge in [-0.3, -0.25) is 4.79 Å². The van der Waals surface area contributed by atoms with Crippen molar-refractivity contribution in [2.45, 2.75) is 39.0 Å². The highest BCUT2D eigenvalue weighted by atomic mass is 16.5. The number of benzene rings is 2. The molecule has 25 heavy (non-hydrogen) atoms. The van der Waals surface area contributed by atoms with Gasteiger partial charge in [-0.1, -0.05) is 64.1 Å². The number of furan rings is 1. The number of carbonyl (C=O) groups is 1. The summed E-state index contributed by atoms with van der Waals surface area (Å²) in [5.41, 5.74) is 1.90. The number of carbonyl (C=O) groups excluding carboxylic acids is 1. The maximum atomic E-state index is 13.2. The highest BCUT2D eigenvalue weighted by Gasteiger charge is 2.56. The van der Waals surface area contributed by atoms with Crippen molar-refractivity contribution in [1.82, 2.24) is 0 Å². The molecule has 0 bridgehead atoms. The smallest absolute Gasteiger partial charge is 0.330 e. The first kappa shape index (κ1) is 15.9. The molecule has 4 rings (SSSR count). The lowest BCUT2D eigenvalue weighted by Crippen LogP contribution is -2.40. The molecule has 0 spiro atoms. The van der Waals surface area contributed by atoms with Crippen LogP contribution in [0.1, 0.15) is 50.5 Å². The zero-order valence-corrected chi connectivity index (χ0v) is 15.0. The van der Waals surface area contributed by atoms with Gasteiger partial charge in [-0.05, 0) is 24.0 Å². The van der Waals surface area contributed by atoms with E-state index in [4.69, 9.17) is 9.15 Å². The largest absolute Gasteiger partial charge is 0.459 e. The molecule has 0 N–H and O–H groups in total. The normalized spacial score (nSPS) is 19.7. The molecule has 128 valence electrons. The Morgan fingerprint density at radius 2 is 1.60 bits per heavy atom. The predicted molar refractivity (Wildman–Crippen MR) is 98.0 cm³/mol. The van der Waals surface area contributed by atoms with Crippen molar-refractivity contribution in [3.05, 3.63) is 65.4 Å². The van der Waals surface area contributed by atoms with E-state index in [1.807, 2.05) is 42.5 Å². The third kappa shape index (κ3) is 2.02. The van der Waals surface area contributed by atoms with Crippen LogP contribution in [0, 0.1) is 5.92 Å². The average Bonchev–Trinajstić information content (AvgIpc) is 3.09. The van der Waals surface area contributed by atoms with E-state index in [-0.39, 0.29) is 17.8 Å². The second kappa shape index (κ2) is 5.48. The summed E-state index contributed by atoms with van der Waals surface area (Å²) in [6.07, 6.45) is 0. The molecule has 0 amide bonds. The summed E-state index contributed by atoms with van der Waals surface area (Å²) in [4.78, 5) is 13.2. The van der Waals surface area contributed by atoms with Crippen molar-refractivity contribution < 1.29 is 13.9 Å². The van der Waals surface area contributed by atoms with Crippen LogP contribution >= 0.6 is 0 Å². The van der Waals surface area contributed by atoms with E-state index in [1.165, 1.54) is 0 Å². The van der Waals surface area contributed by atoms with Gasteiger partial charge >= 0.3 is 5.97 Å². The van der Waals surface area contributed by atoms with Crippen molar-refractivity contribution in [3.8, 4) is 5.75 Å². The molecule has 1 unspecified atom stereocenters. The monoisotopic (exact) mass is 334 g/mol. The summed E-state index contributed by atoms with van der Waals surface area (Å²) < 4.78 is 12.0. The highest BCUT2D eigenvalue weighted by Crippen LogP contribution is 2.52. The van der Waals surface area contributed by atoms with Crippen molar-refractivity contribution in [1.29, 1.82) is 0 Å². The molecular formula is C22H22O3. The van der Waals surface area contributed by atoms with Crippen molar-refractivity contribution in [3.63, 3.8) is 0 Å². The van der Waals surface area contributed by atoms with Gasteiger partial charge in [0.2, 0.25) is 0 Å². The van der Waals surface area contributed by atoms with Crippen LogP contribution in [0.3, 0.4) is 0 Å². The van der Waals surface area contributed by atoms with Gasteiger partial charge in [-0.25, -0.2) is 0 Å². The maximum Gasteiger partial charge on any atom is 0.330 e. The number of hydrogen-bond acceptors (Lipinski definition) is 3. The van der Waals surface area contributed by atoms with Gasteiger partial charge in [-0.2, -0.15) is 0 Å². The maximum absolute atomic E-state index is 13.2. The molecule has 1 aliphatic rings. The zero-order chi connectivity index (χ0) is 17.8. The summed E-state index contributed by atoms with van der Waals surface area (Å²) in [5.74, 6) is 1.35. The minimum Gasteiger partial charge on any atom is -0.459 e. The molecule has 0 radical (unpaired) electrons. The molecule has 2 heterocycles. The van der Waals surface area contributed by atoms with Crippen molar-refractivity contribution in [2.24, 2.45) is 5.92 Å². The lowest BCUT2D eigenvalue weighted by Gasteiger charge is -2.29. The number of hydrogen-bond donors (Lipinski definition) is 0. The fraction of sp³-hybridized carbons (Fsp3) is 0.318. The molecule has 1 aromatic heterocycles. The molecule has 2 aromatic carbocycles. The summed E-state index contributed by atoms with van der Waals surface area (Å²) in [5, 5.41) is 1.07. The van der Waals surface area contributed by atoms with Gasteiger partial charge in [0.05, 0.1) is 0 Å². The van der Waals surface area contributed by atoms with E-state index in [0.29, 0.717) is 5.75 Å². The van der Waals surface area contributed by atoms with Crippen LogP contribution in [0.15, 0.2) is 52.9 Å². The number of rotatable bonds is 3. The zero-order valence-electron chi connectivity index (χ0n) is 15.0. The molecule has 0 fully saturated rings. The van der Waals surface area contributed by atoms with E-state index in [0.717, 1.165) is 27.9 Å². The van der Waals surface area contributed by atoms with Crippen LogP contribution in [0.4, 0.5) is 0 Å². The third-order valence-electron chi connectivity index (χ3n) is 5.27. The van der Waals surface area contributed by atoms with E-state index < -0.39 is 5.41 Å². The van der Waals surface area contributed by atoms with Crippen LogP contribution in [-0.2, 0) is 10.2 Å². The van der Waals surface area contributed by atoms with Gasteiger partial charge in [0.25, 0.3) is 0 Å². The topological polar surface area (TPSA) is 39.4 Å². The molecule has 3 nitrogen and oxygen atoms in total. The van der Waals surface area contributed by atoms with Crippen LogP contribution in [-0.4, -0.2) is 5.97 Å². The Balaban J connectivity index is 2.12. The van der Waals surface area contributed by atoms with E-state index in [9.17, 15) is 4.79 Å². The first-order valence-electron chi connectivity index (χ1n) is 8.81. The highest BCUT2D eigenvalue weighted by molar-refractivity contribution is 5.96. The Morgan fingerprint density at radius 1 is 0.920 bits per heavy atom. The first-order chi connectivity index (χ1) is 12.0. The standard InChI is InChI=1S/C22H22O3/c1-13(2)19-15-9-5-7-11-17(15)24-20(19)22(14(3)4)16-10-6-8-12-18(16)25-21(22)23/h5-14H,1-4H3. The fourth-order valence-electron chi connectivity index (χ4n) is 4.13. The first-order valence-corrected chi connectivity index (χ1v) is 8.81. The van der Waals surface area contributed by atoms with Crippen LogP contribution in [0.25, 0.3) is 11.0 Å². The third-order valence-corrected chi connectivity index (χ3v) is 5.27. The van der Waals surface area contributed by atoms with Crippen molar-refractivity contribution in [2.75, 3.05) is 0 Å². The average molecular weight is 334 g/mol. The summed E-state index contributed by atoms with van der Waals surface area (Å²) in [6, 6.07) is 15.7. The Hall–Kier alpha value is -2.55. The Kier molecular flexibility index (Phi) is 3.50. The molecule has 1 aliphatic heterocycles. The van der Waals surface area contributed by atoms with Crippen LogP contribution in [0.5, 0.6) is 5.75 Å². The van der Waals surface area contributed by atoms with Crippen molar-refractivity contribution >= 4 is 16.9 Å². The van der Waals surface area contributed by atoms with E-state index >= 15 is 0 Å². The van der Waals surface area contributed by atoms with Gasteiger partial charge in [0, 0.05) is 16.5 Å².